The molecule has 1 fully saturated rings. The summed E-state index contributed by atoms with van der Waals surface area (Å²) in [7, 11) is -4.08. The highest BCUT2D eigenvalue weighted by Crippen LogP contribution is 2.24. The van der Waals surface area contributed by atoms with Crippen molar-refractivity contribution in [2.24, 2.45) is 0 Å². The summed E-state index contributed by atoms with van der Waals surface area (Å²) in [4.78, 5) is 1.58. The number of hydrogen-bond acceptors (Lipinski definition) is 5. The third-order valence-electron chi connectivity index (χ3n) is 4.06. The first-order valence-electron chi connectivity index (χ1n) is 7.76. The summed E-state index contributed by atoms with van der Waals surface area (Å²) in [5.74, 6) is -1.92. The Morgan fingerprint density at radius 2 is 2.00 bits per heavy atom. The van der Waals surface area contributed by atoms with Crippen molar-refractivity contribution < 1.29 is 21.9 Å². The number of thiophene rings is 1. The molecular weight excluding hydrogens is 370 g/mol. The number of hydrogen-bond donors (Lipinski definition) is 1. The van der Waals surface area contributed by atoms with Crippen molar-refractivity contribution in [1.82, 2.24) is 9.62 Å². The van der Waals surface area contributed by atoms with Crippen molar-refractivity contribution in [3.8, 4) is 0 Å². The first-order chi connectivity index (χ1) is 12.0. The summed E-state index contributed by atoms with van der Waals surface area (Å²) in [6, 6.07) is 4.19. The number of morpholine rings is 1. The molecule has 0 spiro atoms. The molecule has 0 aliphatic carbocycles. The molecular formula is C16H18F2N2O3S2. The van der Waals surface area contributed by atoms with Gasteiger partial charge in [-0.3, -0.25) is 4.90 Å². The Morgan fingerprint density at radius 3 is 2.64 bits per heavy atom. The molecule has 3 rings (SSSR count). The van der Waals surface area contributed by atoms with Gasteiger partial charge in [-0.1, -0.05) is 0 Å². The molecule has 0 amide bonds. The van der Waals surface area contributed by atoms with Crippen LogP contribution in [-0.4, -0.2) is 46.2 Å². The van der Waals surface area contributed by atoms with E-state index < -0.39 is 26.6 Å². The van der Waals surface area contributed by atoms with Gasteiger partial charge in [-0.25, -0.2) is 21.9 Å². The lowest BCUT2D eigenvalue weighted by atomic mass is 10.1. The molecule has 2 aromatic rings. The summed E-state index contributed by atoms with van der Waals surface area (Å²) >= 11 is 1.53. The fraction of sp³-hybridized carbons (Fsp3) is 0.375. The summed E-state index contributed by atoms with van der Waals surface area (Å²) in [6.07, 6.45) is 0. The number of rotatable bonds is 6. The van der Waals surface area contributed by atoms with E-state index in [1.807, 2.05) is 16.8 Å². The average molecular weight is 388 g/mol. The van der Waals surface area contributed by atoms with Gasteiger partial charge in [0.05, 0.1) is 13.2 Å². The maximum atomic E-state index is 13.8. The Balaban J connectivity index is 1.78. The molecule has 1 saturated heterocycles. The molecule has 136 valence electrons. The van der Waals surface area contributed by atoms with Gasteiger partial charge >= 0.3 is 0 Å². The van der Waals surface area contributed by atoms with Crippen molar-refractivity contribution in [3.63, 3.8) is 0 Å². The Bertz CT molecular complexity index is 807. The molecule has 1 aliphatic rings. The smallest absolute Gasteiger partial charge is 0.243 e. The van der Waals surface area contributed by atoms with E-state index in [-0.39, 0.29) is 12.6 Å². The zero-order valence-corrected chi connectivity index (χ0v) is 15.0. The largest absolute Gasteiger partial charge is 0.379 e. The Hall–Kier alpha value is -1.39. The van der Waals surface area contributed by atoms with Gasteiger partial charge in [-0.05, 0) is 34.5 Å². The molecule has 1 aliphatic heterocycles. The van der Waals surface area contributed by atoms with E-state index in [0.29, 0.717) is 32.4 Å². The number of sulfonamides is 1. The molecule has 2 heterocycles. The molecule has 0 radical (unpaired) electrons. The molecule has 5 nitrogen and oxygen atoms in total. The standard InChI is InChI=1S/C16H18F2N2O3S2/c17-13-1-2-16(14(18)9-13)25(21,22)19-10-15(12-3-8-24-11-12)20-4-6-23-7-5-20/h1-3,8-9,11,15,19H,4-7,10H2. The topological polar surface area (TPSA) is 58.6 Å². The van der Waals surface area contributed by atoms with Crippen molar-refractivity contribution in [2.45, 2.75) is 10.9 Å². The zero-order chi connectivity index (χ0) is 17.9. The highest BCUT2D eigenvalue weighted by atomic mass is 32.2. The van der Waals surface area contributed by atoms with Crippen molar-refractivity contribution in [3.05, 3.63) is 52.2 Å². The van der Waals surface area contributed by atoms with Crippen LogP contribution in [0.1, 0.15) is 11.6 Å². The number of nitrogens with one attached hydrogen (secondary N) is 1. The van der Waals surface area contributed by atoms with Crippen LogP contribution in [0.2, 0.25) is 0 Å². The molecule has 0 saturated carbocycles. The normalized spacial score (nSPS) is 17.5. The van der Waals surface area contributed by atoms with Crippen LogP contribution in [0.5, 0.6) is 0 Å². The zero-order valence-electron chi connectivity index (χ0n) is 13.3. The van der Waals surface area contributed by atoms with E-state index in [4.69, 9.17) is 4.74 Å². The van der Waals surface area contributed by atoms with Crippen molar-refractivity contribution in [1.29, 1.82) is 0 Å². The van der Waals surface area contributed by atoms with E-state index in [1.165, 1.54) is 11.3 Å². The summed E-state index contributed by atoms with van der Waals surface area (Å²) in [5.41, 5.74) is 0.995. The van der Waals surface area contributed by atoms with Gasteiger partial charge in [-0.15, -0.1) is 0 Å². The number of halogens is 2. The first kappa shape index (κ1) is 18.4. The second-order valence-electron chi connectivity index (χ2n) is 5.65. The van der Waals surface area contributed by atoms with E-state index in [0.717, 1.165) is 17.7 Å². The maximum Gasteiger partial charge on any atom is 0.243 e. The number of nitrogens with zero attached hydrogens (tertiary/aromatic N) is 1. The van der Waals surface area contributed by atoms with Gasteiger partial charge in [0.1, 0.15) is 16.5 Å². The van der Waals surface area contributed by atoms with Gasteiger partial charge in [0, 0.05) is 31.7 Å². The molecule has 1 aromatic heterocycles. The molecule has 1 atom stereocenters. The molecule has 1 unspecified atom stereocenters. The van der Waals surface area contributed by atoms with E-state index >= 15 is 0 Å². The highest BCUT2D eigenvalue weighted by molar-refractivity contribution is 7.89. The lowest BCUT2D eigenvalue weighted by molar-refractivity contribution is 0.0173. The van der Waals surface area contributed by atoms with E-state index in [2.05, 4.69) is 9.62 Å². The lowest BCUT2D eigenvalue weighted by Crippen LogP contribution is -2.43. The highest BCUT2D eigenvalue weighted by Gasteiger charge is 2.26. The van der Waals surface area contributed by atoms with Crippen molar-refractivity contribution >= 4 is 21.4 Å². The van der Waals surface area contributed by atoms with Gasteiger partial charge in [0.2, 0.25) is 10.0 Å². The molecule has 0 bridgehead atoms. The average Bonchev–Trinajstić information content (AvgIpc) is 3.10. The van der Waals surface area contributed by atoms with Crippen LogP contribution in [0.4, 0.5) is 8.78 Å². The minimum atomic E-state index is -4.08. The molecule has 1 N–H and O–H groups in total. The summed E-state index contributed by atoms with van der Waals surface area (Å²) in [5, 5.41) is 3.89. The predicted octanol–water partition coefficient (Wildman–Crippen LogP) is 2.38. The van der Waals surface area contributed by atoms with Crippen molar-refractivity contribution in [2.75, 3.05) is 32.8 Å². The third-order valence-corrected chi connectivity index (χ3v) is 6.22. The lowest BCUT2D eigenvalue weighted by Gasteiger charge is -2.34. The van der Waals surface area contributed by atoms with Crippen LogP contribution in [0.25, 0.3) is 0 Å². The predicted molar refractivity (Wildman–Crippen MR) is 91.0 cm³/mol. The van der Waals surface area contributed by atoms with Crippen LogP contribution < -0.4 is 4.72 Å². The van der Waals surface area contributed by atoms with Gasteiger partial charge in [0.25, 0.3) is 0 Å². The fourth-order valence-corrected chi connectivity index (χ4v) is 4.57. The van der Waals surface area contributed by atoms with Crippen LogP contribution in [0.3, 0.4) is 0 Å². The number of ether oxygens (including phenoxy) is 1. The Kier molecular flexibility index (Phi) is 5.80. The maximum absolute atomic E-state index is 13.8. The molecule has 1 aromatic carbocycles. The second kappa shape index (κ2) is 7.88. The minimum absolute atomic E-state index is 0.0931. The quantitative estimate of drug-likeness (QED) is 0.826. The van der Waals surface area contributed by atoms with Crippen LogP contribution >= 0.6 is 11.3 Å². The van der Waals surface area contributed by atoms with Crippen LogP contribution in [0.15, 0.2) is 39.9 Å². The van der Waals surface area contributed by atoms with Crippen LogP contribution in [0, 0.1) is 11.6 Å². The van der Waals surface area contributed by atoms with E-state index in [1.54, 1.807) is 0 Å². The van der Waals surface area contributed by atoms with Gasteiger partial charge in [-0.2, -0.15) is 11.3 Å². The Morgan fingerprint density at radius 1 is 1.24 bits per heavy atom. The summed E-state index contributed by atoms with van der Waals surface area (Å²) < 4.78 is 59.4. The number of benzene rings is 1. The first-order valence-corrected chi connectivity index (χ1v) is 10.2. The van der Waals surface area contributed by atoms with Gasteiger partial charge in [0.15, 0.2) is 0 Å². The third kappa shape index (κ3) is 4.42. The van der Waals surface area contributed by atoms with Crippen LogP contribution in [-0.2, 0) is 14.8 Å². The van der Waals surface area contributed by atoms with Gasteiger partial charge < -0.3 is 4.74 Å². The van der Waals surface area contributed by atoms with E-state index in [9.17, 15) is 17.2 Å². The monoisotopic (exact) mass is 388 g/mol. The Labute approximate surface area is 149 Å². The molecule has 25 heavy (non-hydrogen) atoms. The second-order valence-corrected chi connectivity index (χ2v) is 8.16. The SMILES string of the molecule is O=S(=O)(NCC(c1ccsc1)N1CCOCC1)c1ccc(F)cc1F. The summed E-state index contributed by atoms with van der Waals surface area (Å²) in [6.45, 7) is 2.64. The fourth-order valence-electron chi connectivity index (χ4n) is 2.77. The molecule has 9 heteroatoms. The minimum Gasteiger partial charge on any atom is -0.379 e.